The quantitative estimate of drug-likeness (QED) is 0.692. The van der Waals surface area contributed by atoms with E-state index in [1.165, 1.54) is 6.07 Å². The van der Waals surface area contributed by atoms with E-state index in [4.69, 9.17) is 4.74 Å². The zero-order chi connectivity index (χ0) is 10.1. The molecular formula is C10H11F2NO. The van der Waals surface area contributed by atoms with Crippen molar-refractivity contribution >= 4 is 5.69 Å². The van der Waals surface area contributed by atoms with Crippen molar-refractivity contribution in [1.82, 2.24) is 0 Å². The lowest BCUT2D eigenvalue weighted by molar-refractivity contribution is 0.264. The molecule has 4 heteroatoms. The fourth-order valence-electron chi connectivity index (χ4n) is 1.41. The SMILES string of the molecule is CC1CNc2cc(F)cc(F)c2OC1. The summed E-state index contributed by atoms with van der Waals surface area (Å²) in [6, 6.07) is 2.08. The van der Waals surface area contributed by atoms with Crippen LogP contribution in [0.4, 0.5) is 14.5 Å². The maximum absolute atomic E-state index is 13.2. The molecule has 0 radical (unpaired) electrons. The lowest BCUT2D eigenvalue weighted by atomic mass is 10.2. The molecule has 0 saturated heterocycles. The highest BCUT2D eigenvalue weighted by Gasteiger charge is 2.17. The number of nitrogens with one attached hydrogen (secondary N) is 1. The van der Waals surface area contributed by atoms with Crippen molar-refractivity contribution in [3.8, 4) is 5.75 Å². The molecule has 0 aromatic heterocycles. The van der Waals surface area contributed by atoms with Crippen LogP contribution < -0.4 is 10.1 Å². The number of halogens is 2. The van der Waals surface area contributed by atoms with Gasteiger partial charge < -0.3 is 10.1 Å². The fraction of sp³-hybridized carbons (Fsp3) is 0.400. The first-order chi connectivity index (χ1) is 6.66. The van der Waals surface area contributed by atoms with Crippen molar-refractivity contribution in [3.05, 3.63) is 23.8 Å². The summed E-state index contributed by atoms with van der Waals surface area (Å²) in [5.41, 5.74) is 0.395. The number of anilines is 1. The predicted octanol–water partition coefficient (Wildman–Crippen LogP) is 2.41. The molecule has 1 atom stereocenters. The van der Waals surface area contributed by atoms with Gasteiger partial charge in [-0.2, -0.15) is 0 Å². The largest absolute Gasteiger partial charge is 0.488 e. The Morgan fingerprint density at radius 3 is 3.00 bits per heavy atom. The fourth-order valence-corrected chi connectivity index (χ4v) is 1.41. The van der Waals surface area contributed by atoms with Crippen molar-refractivity contribution in [2.75, 3.05) is 18.5 Å². The van der Waals surface area contributed by atoms with Crippen LogP contribution in [0.15, 0.2) is 12.1 Å². The van der Waals surface area contributed by atoms with Gasteiger partial charge in [0.1, 0.15) is 5.82 Å². The van der Waals surface area contributed by atoms with Gasteiger partial charge in [0, 0.05) is 24.6 Å². The molecule has 0 fully saturated rings. The second kappa shape index (κ2) is 3.44. The number of hydrogen-bond donors (Lipinski definition) is 1. The molecule has 1 aromatic rings. The second-order valence-corrected chi connectivity index (χ2v) is 3.56. The molecule has 0 bridgehead atoms. The molecular weight excluding hydrogens is 188 g/mol. The molecule has 1 unspecified atom stereocenters. The summed E-state index contributed by atoms with van der Waals surface area (Å²) >= 11 is 0. The van der Waals surface area contributed by atoms with E-state index in [2.05, 4.69) is 5.32 Å². The van der Waals surface area contributed by atoms with E-state index >= 15 is 0 Å². The molecule has 2 rings (SSSR count). The Balaban J connectivity index is 2.40. The van der Waals surface area contributed by atoms with Crippen LogP contribution in [0.1, 0.15) is 6.92 Å². The zero-order valence-corrected chi connectivity index (χ0v) is 7.81. The molecule has 0 saturated carbocycles. The van der Waals surface area contributed by atoms with Crippen molar-refractivity contribution < 1.29 is 13.5 Å². The van der Waals surface area contributed by atoms with E-state index < -0.39 is 11.6 Å². The minimum Gasteiger partial charge on any atom is -0.488 e. The van der Waals surface area contributed by atoms with Gasteiger partial charge in [-0.25, -0.2) is 8.78 Å². The lowest BCUT2D eigenvalue weighted by Gasteiger charge is -2.08. The summed E-state index contributed by atoms with van der Waals surface area (Å²) in [4.78, 5) is 0. The third-order valence-corrected chi connectivity index (χ3v) is 2.16. The molecule has 1 heterocycles. The van der Waals surface area contributed by atoms with Gasteiger partial charge in [-0.05, 0) is 0 Å². The number of benzene rings is 1. The highest BCUT2D eigenvalue weighted by molar-refractivity contribution is 5.57. The maximum atomic E-state index is 13.2. The summed E-state index contributed by atoms with van der Waals surface area (Å²) in [5.74, 6) is -0.839. The number of fused-ring (bicyclic) bond motifs is 1. The van der Waals surface area contributed by atoms with Gasteiger partial charge in [-0.1, -0.05) is 6.92 Å². The first-order valence-electron chi connectivity index (χ1n) is 4.52. The first kappa shape index (κ1) is 9.24. The molecule has 2 nitrogen and oxygen atoms in total. The number of ether oxygens (including phenoxy) is 1. The van der Waals surface area contributed by atoms with Crippen LogP contribution >= 0.6 is 0 Å². The Hall–Kier alpha value is -1.32. The normalized spacial score (nSPS) is 20.4. The molecule has 0 aliphatic carbocycles. The average molecular weight is 199 g/mol. The molecule has 14 heavy (non-hydrogen) atoms. The standard InChI is InChI=1S/C10H11F2NO/c1-6-4-13-9-3-7(11)2-8(12)10(9)14-5-6/h2-3,6,13H,4-5H2,1H3. The van der Waals surface area contributed by atoms with Crippen LogP contribution in [0.25, 0.3) is 0 Å². The van der Waals surface area contributed by atoms with E-state index in [9.17, 15) is 8.78 Å². The van der Waals surface area contributed by atoms with Gasteiger partial charge in [0.15, 0.2) is 11.6 Å². The summed E-state index contributed by atoms with van der Waals surface area (Å²) in [6.45, 7) is 3.09. The Morgan fingerprint density at radius 2 is 2.21 bits per heavy atom. The van der Waals surface area contributed by atoms with Gasteiger partial charge in [-0.15, -0.1) is 0 Å². The second-order valence-electron chi connectivity index (χ2n) is 3.56. The Morgan fingerprint density at radius 1 is 1.43 bits per heavy atom. The topological polar surface area (TPSA) is 21.3 Å². The maximum Gasteiger partial charge on any atom is 0.178 e. The van der Waals surface area contributed by atoms with Gasteiger partial charge in [0.2, 0.25) is 0 Å². The third-order valence-electron chi connectivity index (χ3n) is 2.16. The van der Waals surface area contributed by atoms with Crippen LogP contribution in [0.2, 0.25) is 0 Å². The molecule has 1 aromatic carbocycles. The van der Waals surface area contributed by atoms with E-state index in [0.717, 1.165) is 6.07 Å². The average Bonchev–Trinajstić information content (AvgIpc) is 2.28. The Labute approximate surface area is 80.9 Å². The molecule has 1 aliphatic heterocycles. The summed E-state index contributed by atoms with van der Waals surface area (Å²) in [7, 11) is 0. The molecule has 76 valence electrons. The van der Waals surface area contributed by atoms with Crippen LogP contribution in [-0.2, 0) is 0 Å². The summed E-state index contributed by atoms with van der Waals surface area (Å²) < 4.78 is 31.3. The monoisotopic (exact) mass is 199 g/mol. The number of hydrogen-bond acceptors (Lipinski definition) is 2. The zero-order valence-electron chi connectivity index (χ0n) is 7.81. The van der Waals surface area contributed by atoms with E-state index in [-0.39, 0.29) is 11.7 Å². The summed E-state index contributed by atoms with van der Waals surface area (Å²) in [5, 5.41) is 2.95. The van der Waals surface area contributed by atoms with Crippen LogP contribution in [0, 0.1) is 17.6 Å². The molecule has 0 amide bonds. The summed E-state index contributed by atoms with van der Waals surface area (Å²) in [6.07, 6.45) is 0. The van der Waals surface area contributed by atoms with Crippen molar-refractivity contribution in [1.29, 1.82) is 0 Å². The molecule has 1 aliphatic rings. The smallest absolute Gasteiger partial charge is 0.178 e. The highest BCUT2D eigenvalue weighted by atomic mass is 19.1. The van der Waals surface area contributed by atoms with Crippen LogP contribution in [0.3, 0.4) is 0 Å². The van der Waals surface area contributed by atoms with Gasteiger partial charge in [0.25, 0.3) is 0 Å². The Kier molecular flexibility index (Phi) is 2.27. The van der Waals surface area contributed by atoms with Crippen LogP contribution in [-0.4, -0.2) is 13.2 Å². The highest BCUT2D eigenvalue weighted by Crippen LogP contribution is 2.31. The first-order valence-corrected chi connectivity index (χ1v) is 4.52. The van der Waals surface area contributed by atoms with Crippen molar-refractivity contribution in [3.63, 3.8) is 0 Å². The van der Waals surface area contributed by atoms with E-state index in [1.54, 1.807) is 0 Å². The van der Waals surface area contributed by atoms with E-state index in [0.29, 0.717) is 18.8 Å². The third kappa shape index (κ3) is 1.64. The lowest BCUT2D eigenvalue weighted by Crippen LogP contribution is -2.13. The van der Waals surface area contributed by atoms with Gasteiger partial charge >= 0.3 is 0 Å². The minimum absolute atomic E-state index is 0.121. The van der Waals surface area contributed by atoms with Gasteiger partial charge in [0.05, 0.1) is 12.3 Å². The minimum atomic E-state index is -0.651. The molecule has 0 spiro atoms. The van der Waals surface area contributed by atoms with Crippen molar-refractivity contribution in [2.24, 2.45) is 5.92 Å². The molecule has 1 N–H and O–H groups in total. The number of rotatable bonds is 0. The predicted molar refractivity (Wildman–Crippen MR) is 49.5 cm³/mol. The Bertz CT molecular complexity index is 354. The van der Waals surface area contributed by atoms with Crippen molar-refractivity contribution in [2.45, 2.75) is 6.92 Å². The van der Waals surface area contributed by atoms with Crippen LogP contribution in [0.5, 0.6) is 5.75 Å². The van der Waals surface area contributed by atoms with Gasteiger partial charge in [-0.3, -0.25) is 0 Å². The van der Waals surface area contributed by atoms with E-state index in [1.807, 2.05) is 6.92 Å².